The van der Waals surface area contributed by atoms with Crippen LogP contribution in [0.4, 0.5) is 19.3 Å². The number of carbonyl (C=O) groups excluding carboxylic acids is 2. The molecule has 2 amide bonds. The second kappa shape index (κ2) is 16.6. The van der Waals surface area contributed by atoms with Gasteiger partial charge in [-0.3, -0.25) is 4.79 Å². The number of nitrogens with zero attached hydrogens (tertiary/aromatic N) is 1. The molecule has 0 aliphatic carbocycles. The van der Waals surface area contributed by atoms with Crippen LogP contribution in [0.25, 0.3) is 0 Å². The summed E-state index contributed by atoms with van der Waals surface area (Å²) in [5.74, 6) is -1.34. The molecular weight excluding hydrogens is 702 g/mol. The monoisotopic (exact) mass is 738 g/mol. The molecule has 9 heteroatoms. The maximum Gasteiger partial charge on any atom is 0.416 e. The summed E-state index contributed by atoms with van der Waals surface area (Å²) in [7, 11) is 0. The van der Waals surface area contributed by atoms with Crippen molar-refractivity contribution in [1.82, 2.24) is 4.90 Å². The van der Waals surface area contributed by atoms with E-state index in [1.165, 1.54) is 29.2 Å². The number of carbonyl (C=O) groups is 2. The normalized spacial score (nSPS) is 15.3. The molecule has 3 atom stereocenters. The Labute approximate surface area is 299 Å². The third-order valence-electron chi connectivity index (χ3n) is 8.84. The van der Waals surface area contributed by atoms with Gasteiger partial charge in [0.25, 0.3) is 0 Å². The molecule has 6 rings (SSSR count). The Bertz CT molecular complexity index is 1880. The van der Waals surface area contributed by atoms with Crippen LogP contribution in [0.2, 0.25) is 0 Å². The molecule has 6 nitrogen and oxygen atoms in total. The molecule has 5 aromatic rings. The van der Waals surface area contributed by atoms with Crippen LogP contribution in [0.3, 0.4) is 0 Å². The van der Waals surface area contributed by atoms with E-state index < -0.39 is 29.9 Å². The van der Waals surface area contributed by atoms with Gasteiger partial charge in [0.1, 0.15) is 30.6 Å². The van der Waals surface area contributed by atoms with E-state index in [2.05, 4.69) is 21.2 Å². The van der Waals surface area contributed by atoms with E-state index >= 15 is 0 Å². The van der Waals surface area contributed by atoms with Crippen molar-refractivity contribution in [1.29, 1.82) is 0 Å². The van der Waals surface area contributed by atoms with Crippen LogP contribution in [-0.2, 0) is 29.0 Å². The van der Waals surface area contributed by atoms with Crippen molar-refractivity contribution in [2.24, 2.45) is 5.92 Å². The minimum absolute atomic E-state index is 0.0849. The van der Waals surface area contributed by atoms with Crippen molar-refractivity contribution in [3.8, 4) is 5.75 Å². The van der Waals surface area contributed by atoms with Gasteiger partial charge in [0.15, 0.2) is 0 Å². The highest BCUT2D eigenvalue weighted by molar-refractivity contribution is 9.10. The summed E-state index contributed by atoms with van der Waals surface area (Å²) in [6.07, 6.45) is 1.28. The van der Waals surface area contributed by atoms with Gasteiger partial charge in [-0.2, -0.15) is 0 Å². The third kappa shape index (κ3) is 8.95. The lowest BCUT2D eigenvalue weighted by Crippen LogP contribution is -2.46. The summed E-state index contributed by atoms with van der Waals surface area (Å²) in [5, 5.41) is 3.51. The Kier molecular flexibility index (Phi) is 11.6. The fraction of sp³-hybridized carbons (Fsp3) is 0.220. The molecule has 256 valence electrons. The largest absolute Gasteiger partial charge is 0.489 e. The zero-order valence-electron chi connectivity index (χ0n) is 27.3. The number of ether oxygens (including phenoxy) is 2. The molecule has 1 aliphatic rings. The van der Waals surface area contributed by atoms with Crippen molar-refractivity contribution < 1.29 is 27.8 Å². The molecule has 0 bridgehead atoms. The first-order valence-electron chi connectivity index (χ1n) is 16.6. The van der Waals surface area contributed by atoms with E-state index in [4.69, 9.17) is 9.47 Å². The first-order chi connectivity index (χ1) is 24.3. The molecule has 0 unspecified atom stereocenters. The molecule has 1 fully saturated rings. The maximum atomic E-state index is 14.9. The Hall–Kier alpha value is -5.02. The van der Waals surface area contributed by atoms with E-state index in [-0.39, 0.29) is 24.9 Å². The van der Waals surface area contributed by atoms with Gasteiger partial charge in [0.05, 0.1) is 18.0 Å². The third-order valence-corrected chi connectivity index (χ3v) is 9.33. The van der Waals surface area contributed by atoms with Crippen molar-refractivity contribution in [3.63, 3.8) is 0 Å². The summed E-state index contributed by atoms with van der Waals surface area (Å²) in [6, 6.07) is 36.1. The maximum absolute atomic E-state index is 14.9. The number of rotatable bonds is 14. The van der Waals surface area contributed by atoms with Crippen molar-refractivity contribution in [2.45, 2.75) is 44.4 Å². The summed E-state index contributed by atoms with van der Waals surface area (Å²) in [4.78, 5) is 29.5. The van der Waals surface area contributed by atoms with Gasteiger partial charge in [0, 0.05) is 15.7 Å². The Morgan fingerprint density at radius 2 is 1.48 bits per heavy atom. The summed E-state index contributed by atoms with van der Waals surface area (Å²) >= 11 is 3.58. The van der Waals surface area contributed by atoms with Crippen LogP contribution >= 0.6 is 15.9 Å². The van der Waals surface area contributed by atoms with Gasteiger partial charge in [0.2, 0.25) is 5.91 Å². The highest BCUT2D eigenvalue weighted by atomic mass is 79.9. The number of amides is 2. The number of hydrogen-bond acceptors (Lipinski definition) is 5. The van der Waals surface area contributed by atoms with Gasteiger partial charge < -0.3 is 14.8 Å². The lowest BCUT2D eigenvalue weighted by atomic mass is 9.85. The van der Waals surface area contributed by atoms with E-state index in [1.807, 2.05) is 78.9 Å². The lowest BCUT2D eigenvalue weighted by Gasteiger charge is -2.33. The Morgan fingerprint density at radius 3 is 2.16 bits per heavy atom. The van der Waals surface area contributed by atoms with Gasteiger partial charge >= 0.3 is 6.09 Å². The van der Waals surface area contributed by atoms with Crippen molar-refractivity contribution in [3.05, 3.63) is 166 Å². The van der Waals surface area contributed by atoms with Gasteiger partial charge in [-0.1, -0.05) is 94.8 Å². The highest BCUT2D eigenvalue weighted by Crippen LogP contribution is 2.39. The van der Waals surface area contributed by atoms with Gasteiger partial charge in [-0.15, -0.1) is 0 Å². The minimum atomic E-state index is -0.787. The number of imide groups is 1. The molecule has 0 spiro atoms. The molecule has 0 saturated carbocycles. The molecular formula is C41H37BrF2N2O4. The molecule has 1 heterocycles. The quantitative estimate of drug-likeness (QED) is 0.123. The van der Waals surface area contributed by atoms with Crippen LogP contribution in [-0.4, -0.2) is 29.5 Å². The molecule has 0 aromatic heterocycles. The Balaban J connectivity index is 1.39. The fourth-order valence-corrected chi connectivity index (χ4v) is 6.64. The van der Waals surface area contributed by atoms with Crippen LogP contribution < -0.4 is 10.1 Å². The smallest absolute Gasteiger partial charge is 0.416 e. The van der Waals surface area contributed by atoms with Crippen molar-refractivity contribution in [2.75, 3.05) is 11.9 Å². The zero-order chi connectivity index (χ0) is 34.9. The predicted octanol–water partition coefficient (Wildman–Crippen LogP) is 9.69. The number of benzene rings is 5. The molecule has 0 radical (unpaired) electrons. The molecule has 1 N–H and O–H groups in total. The van der Waals surface area contributed by atoms with Gasteiger partial charge in [-0.25, -0.2) is 18.5 Å². The second-order valence-electron chi connectivity index (χ2n) is 12.3. The van der Waals surface area contributed by atoms with Crippen LogP contribution in [0.1, 0.15) is 41.1 Å². The molecule has 1 saturated heterocycles. The SMILES string of the molecule is O=C1OC[C@H](Cc2ccccc2)N1C(=O)[C@H](CCCc1ccc(F)cc1)[C@H](Nc1ccc(F)cc1)c1ccc(Br)cc1OCc1ccccc1. The summed E-state index contributed by atoms with van der Waals surface area (Å²) < 4.78 is 40.4. The highest BCUT2D eigenvalue weighted by Gasteiger charge is 2.43. The lowest BCUT2D eigenvalue weighted by molar-refractivity contribution is -0.134. The van der Waals surface area contributed by atoms with Gasteiger partial charge in [-0.05, 0) is 90.9 Å². The number of anilines is 1. The number of aryl methyl sites for hydroxylation is 1. The molecule has 5 aromatic carbocycles. The van der Waals surface area contributed by atoms with Crippen molar-refractivity contribution >= 4 is 33.6 Å². The minimum Gasteiger partial charge on any atom is -0.489 e. The number of hydrogen-bond donors (Lipinski definition) is 1. The van der Waals surface area contributed by atoms with Crippen LogP contribution in [0.15, 0.2) is 132 Å². The average molecular weight is 740 g/mol. The Morgan fingerprint density at radius 1 is 0.840 bits per heavy atom. The predicted molar refractivity (Wildman–Crippen MR) is 193 cm³/mol. The fourth-order valence-electron chi connectivity index (χ4n) is 6.30. The van der Waals surface area contributed by atoms with E-state index in [0.717, 1.165) is 21.2 Å². The topological polar surface area (TPSA) is 67.9 Å². The van der Waals surface area contributed by atoms with E-state index in [9.17, 15) is 18.4 Å². The average Bonchev–Trinajstić information content (AvgIpc) is 3.50. The number of halogens is 3. The number of nitrogens with one attached hydrogen (secondary N) is 1. The first kappa shape index (κ1) is 34.8. The zero-order valence-corrected chi connectivity index (χ0v) is 28.9. The van der Waals surface area contributed by atoms with E-state index in [1.54, 1.807) is 24.3 Å². The summed E-state index contributed by atoms with van der Waals surface area (Å²) in [6.45, 7) is 0.371. The number of cyclic esters (lactones) is 1. The molecule has 1 aliphatic heterocycles. The first-order valence-corrected chi connectivity index (χ1v) is 17.4. The standard InChI is InChI=1S/C41H37BrF2N2O4/c42-31-16-23-36(38(25-31)49-26-30-10-5-2-6-11-30)39(45-34-21-19-33(44)20-22-34)37(13-7-12-28-14-17-32(43)18-15-28)40(47)46-35(27-50-41(46)48)24-29-8-3-1-4-9-29/h1-6,8-11,14-23,25,35,37,39,45H,7,12-13,24,26-27H2/t35-,37+,39+/m0/s1. The summed E-state index contributed by atoms with van der Waals surface area (Å²) in [5.41, 5.74) is 4.16. The molecule has 50 heavy (non-hydrogen) atoms. The van der Waals surface area contributed by atoms with E-state index in [0.29, 0.717) is 42.7 Å². The second-order valence-corrected chi connectivity index (χ2v) is 13.3. The van der Waals surface area contributed by atoms with Crippen LogP contribution in [0, 0.1) is 17.6 Å². The van der Waals surface area contributed by atoms with Crippen LogP contribution in [0.5, 0.6) is 5.75 Å².